The van der Waals surface area contributed by atoms with Gasteiger partial charge in [-0.25, -0.2) is 4.57 Å². The molecule has 0 aromatic carbocycles. The van der Waals surface area contributed by atoms with Crippen molar-refractivity contribution in [3.05, 3.63) is 0 Å². The Kier molecular flexibility index (Phi) is 42.2. The quantitative estimate of drug-likeness (QED) is 0.0317. The normalized spacial score (nSPS) is 13.4. The van der Waals surface area contributed by atoms with Crippen LogP contribution in [0.4, 0.5) is 0 Å². The molecule has 318 valence electrons. The Bertz CT molecular complexity index is 787. The van der Waals surface area contributed by atoms with Crippen LogP contribution in [0.3, 0.4) is 0 Å². The van der Waals surface area contributed by atoms with Crippen LogP contribution in [0.5, 0.6) is 0 Å². The maximum Gasteiger partial charge on any atom is 0.472 e. The van der Waals surface area contributed by atoms with E-state index in [4.69, 9.17) is 10.5 Å². The molecule has 0 heterocycles. The van der Waals surface area contributed by atoms with Gasteiger partial charge in [-0.1, -0.05) is 232 Å². The van der Waals surface area contributed by atoms with Crippen molar-refractivity contribution in [1.82, 2.24) is 0 Å². The van der Waals surface area contributed by atoms with Crippen LogP contribution in [0.1, 0.15) is 244 Å². The summed E-state index contributed by atoms with van der Waals surface area (Å²) in [6.07, 6.45) is 48.9. The molecule has 0 spiro atoms. The molecule has 0 saturated heterocycles. The van der Waals surface area contributed by atoms with Crippen molar-refractivity contribution in [1.29, 1.82) is 0 Å². The molecule has 0 aliphatic heterocycles. The summed E-state index contributed by atoms with van der Waals surface area (Å²) >= 11 is 0. The Balaban J connectivity index is 3.21. The Morgan fingerprint density at radius 2 is 0.774 bits per heavy atom. The van der Waals surface area contributed by atoms with Crippen molar-refractivity contribution in [3.63, 3.8) is 0 Å². The molecule has 4 N–H and O–H groups in total. The zero-order valence-corrected chi connectivity index (χ0v) is 35.9. The van der Waals surface area contributed by atoms with Crippen molar-refractivity contribution >= 4 is 13.8 Å². The van der Waals surface area contributed by atoms with Gasteiger partial charge in [0, 0.05) is 13.0 Å². The first-order valence-corrected chi connectivity index (χ1v) is 24.6. The molecule has 0 bridgehead atoms. The molecule has 0 aromatic rings. The summed E-state index contributed by atoms with van der Waals surface area (Å²) < 4.78 is 25.8. The summed E-state index contributed by atoms with van der Waals surface area (Å²) in [6.45, 7) is 1.50. The first-order valence-electron chi connectivity index (χ1n) is 23.1. The zero-order chi connectivity index (χ0) is 38.8. The number of aliphatic hydroxyl groups is 1. The van der Waals surface area contributed by atoms with Crippen molar-refractivity contribution < 1.29 is 33.1 Å². The van der Waals surface area contributed by atoms with E-state index in [9.17, 15) is 19.4 Å². The van der Waals surface area contributed by atoms with Crippen LogP contribution in [0.25, 0.3) is 0 Å². The molecule has 0 amide bonds. The highest BCUT2D eigenvalue weighted by atomic mass is 31.2. The molecule has 0 aromatic heterocycles. The maximum atomic E-state index is 11.9. The average Bonchev–Trinajstić information content (AvgIpc) is 3.15. The van der Waals surface area contributed by atoms with Gasteiger partial charge in [-0.05, 0) is 6.42 Å². The van der Waals surface area contributed by atoms with E-state index in [0.29, 0.717) is 6.42 Å². The van der Waals surface area contributed by atoms with Gasteiger partial charge < -0.3 is 20.5 Å². The van der Waals surface area contributed by atoms with Crippen LogP contribution in [0.15, 0.2) is 0 Å². The zero-order valence-electron chi connectivity index (χ0n) is 35.0. The minimum absolute atomic E-state index is 0.0772. The molecule has 2 unspecified atom stereocenters. The summed E-state index contributed by atoms with van der Waals surface area (Å²) in [5.41, 5.74) is 5.21. The monoisotopic (exact) mass is 776 g/mol. The summed E-state index contributed by atoms with van der Waals surface area (Å²) in [5.74, 6) is -0.378. The fraction of sp³-hybridized carbons (Fsp3) is 0.977. The van der Waals surface area contributed by atoms with Gasteiger partial charge in [-0.2, -0.15) is 0 Å². The van der Waals surface area contributed by atoms with Crippen LogP contribution in [-0.4, -0.2) is 48.4 Å². The van der Waals surface area contributed by atoms with Gasteiger partial charge in [0.2, 0.25) is 0 Å². The van der Waals surface area contributed by atoms with Crippen LogP contribution in [0, 0.1) is 0 Å². The van der Waals surface area contributed by atoms with E-state index in [1.165, 1.54) is 212 Å². The average molecular weight is 776 g/mol. The summed E-state index contributed by atoms with van der Waals surface area (Å²) in [6, 6.07) is 0. The molecule has 0 aliphatic carbocycles. The SMILES string of the molecule is CCCCCCCCCCCCCCCCCCCCCCCCCCCCCCCCCCCCCCC(=O)OCC(O)COP(=O)(O)OCCN. The van der Waals surface area contributed by atoms with Crippen LogP contribution in [-0.2, 0) is 23.1 Å². The highest BCUT2D eigenvalue weighted by Crippen LogP contribution is 2.42. The molecular formula is C44H90NO7P. The van der Waals surface area contributed by atoms with Gasteiger partial charge in [0.1, 0.15) is 12.7 Å². The molecule has 2 atom stereocenters. The minimum Gasteiger partial charge on any atom is -0.463 e. The fourth-order valence-electron chi connectivity index (χ4n) is 7.05. The van der Waals surface area contributed by atoms with Crippen LogP contribution in [0.2, 0.25) is 0 Å². The highest BCUT2D eigenvalue weighted by Gasteiger charge is 2.22. The minimum atomic E-state index is -4.25. The fourth-order valence-corrected chi connectivity index (χ4v) is 7.82. The highest BCUT2D eigenvalue weighted by molar-refractivity contribution is 7.47. The smallest absolute Gasteiger partial charge is 0.463 e. The maximum absolute atomic E-state index is 11.9. The van der Waals surface area contributed by atoms with Crippen molar-refractivity contribution in [3.8, 4) is 0 Å². The number of nitrogens with two attached hydrogens (primary N) is 1. The number of carbonyl (C=O) groups is 1. The van der Waals surface area contributed by atoms with Crippen LogP contribution >= 0.6 is 7.82 Å². The third-order valence-electron chi connectivity index (χ3n) is 10.5. The molecule has 0 rings (SSSR count). The van der Waals surface area contributed by atoms with E-state index in [1.54, 1.807) is 0 Å². The van der Waals surface area contributed by atoms with Gasteiger partial charge in [0.25, 0.3) is 0 Å². The van der Waals surface area contributed by atoms with E-state index in [-0.39, 0.29) is 25.7 Å². The molecule has 53 heavy (non-hydrogen) atoms. The first-order chi connectivity index (χ1) is 25.9. The molecule has 9 heteroatoms. The Morgan fingerprint density at radius 3 is 1.06 bits per heavy atom. The van der Waals surface area contributed by atoms with Crippen molar-refractivity contribution in [2.45, 2.75) is 251 Å². The second-order valence-corrected chi connectivity index (χ2v) is 17.3. The number of hydrogen-bond acceptors (Lipinski definition) is 7. The topological polar surface area (TPSA) is 128 Å². The predicted molar refractivity (Wildman–Crippen MR) is 224 cm³/mol. The van der Waals surface area contributed by atoms with Gasteiger partial charge in [-0.3, -0.25) is 13.8 Å². The number of carbonyl (C=O) groups excluding carboxylic acids is 1. The van der Waals surface area contributed by atoms with Gasteiger partial charge in [-0.15, -0.1) is 0 Å². The molecule has 0 radical (unpaired) electrons. The second-order valence-electron chi connectivity index (χ2n) is 15.8. The third kappa shape index (κ3) is 44.1. The van der Waals surface area contributed by atoms with Gasteiger partial charge >= 0.3 is 13.8 Å². The van der Waals surface area contributed by atoms with Gasteiger partial charge in [0.15, 0.2) is 0 Å². The number of unbranched alkanes of at least 4 members (excludes halogenated alkanes) is 35. The van der Waals surface area contributed by atoms with Gasteiger partial charge in [0.05, 0.1) is 13.2 Å². The van der Waals surface area contributed by atoms with E-state index < -0.39 is 20.5 Å². The number of rotatable bonds is 45. The molecule has 0 fully saturated rings. The molecular weight excluding hydrogens is 685 g/mol. The van der Waals surface area contributed by atoms with Crippen LogP contribution < -0.4 is 5.73 Å². The Labute approximate surface area is 328 Å². The number of ether oxygens (including phenoxy) is 1. The second kappa shape index (κ2) is 42.6. The molecule has 0 aliphatic rings. The van der Waals surface area contributed by atoms with E-state index in [1.807, 2.05) is 0 Å². The summed E-state index contributed by atoms with van der Waals surface area (Å²) in [4.78, 5) is 21.2. The van der Waals surface area contributed by atoms with Crippen molar-refractivity contribution in [2.24, 2.45) is 5.73 Å². The lowest BCUT2D eigenvalue weighted by molar-refractivity contribution is -0.147. The van der Waals surface area contributed by atoms with E-state index >= 15 is 0 Å². The summed E-state index contributed by atoms with van der Waals surface area (Å²) in [7, 11) is -4.25. The molecule has 0 saturated carbocycles. The van der Waals surface area contributed by atoms with Crippen molar-refractivity contribution in [2.75, 3.05) is 26.4 Å². The number of phosphoric ester groups is 1. The lowest BCUT2D eigenvalue weighted by atomic mass is 10.0. The lowest BCUT2D eigenvalue weighted by Crippen LogP contribution is -2.23. The standard InChI is InChI=1S/C44H90NO7P/c1-2-3-4-5-6-7-8-9-10-11-12-13-14-15-16-17-18-19-20-21-22-23-24-25-26-27-28-29-30-31-32-33-34-35-36-37-38-44(47)50-41-43(46)42-52-53(48,49)51-40-39-45/h43,46H,2-42,45H2,1H3,(H,48,49). The number of aliphatic hydroxyl groups excluding tert-OH is 1. The largest absolute Gasteiger partial charge is 0.472 e. The summed E-state index contributed by atoms with van der Waals surface area (Å²) in [5, 5.41) is 9.77. The first kappa shape index (κ1) is 52.5. The number of phosphoric acid groups is 1. The van der Waals surface area contributed by atoms with E-state index in [0.717, 1.165) is 19.3 Å². The molecule has 8 nitrogen and oxygen atoms in total. The third-order valence-corrected chi connectivity index (χ3v) is 11.5. The lowest BCUT2D eigenvalue weighted by Gasteiger charge is -2.15. The number of esters is 1. The Hall–Kier alpha value is -0.500. The Morgan fingerprint density at radius 1 is 0.491 bits per heavy atom. The predicted octanol–water partition coefficient (Wildman–Crippen LogP) is 13.4. The van der Waals surface area contributed by atoms with E-state index in [2.05, 4.69) is 16.0 Å². The number of hydrogen-bond donors (Lipinski definition) is 3.